The van der Waals surface area contributed by atoms with E-state index in [0.29, 0.717) is 18.8 Å². The number of amidine groups is 1. The lowest BCUT2D eigenvalue weighted by Gasteiger charge is -2.33. The lowest BCUT2D eigenvalue weighted by atomic mass is 10.1. The Balaban J connectivity index is 2.11. The van der Waals surface area contributed by atoms with Gasteiger partial charge in [0.05, 0.1) is 11.0 Å². The second-order valence-corrected chi connectivity index (χ2v) is 7.12. The van der Waals surface area contributed by atoms with E-state index in [-0.39, 0.29) is 24.8 Å². The van der Waals surface area contributed by atoms with Crippen molar-refractivity contribution in [3.63, 3.8) is 0 Å². The highest BCUT2D eigenvalue weighted by atomic mass is 79.9. The molecule has 0 aliphatic carbocycles. The molecule has 0 amide bonds. The molecule has 1 N–H and O–H groups in total. The molecule has 1 heterocycles. The van der Waals surface area contributed by atoms with E-state index in [1.165, 1.54) is 12.1 Å². The number of hydrogen-bond acceptors (Lipinski definition) is 4. The maximum Gasteiger partial charge on any atom is 0.227 e. The number of hydrogen-bond donors (Lipinski definition) is 1. The molecule has 0 atom stereocenters. The Bertz CT molecular complexity index is 662. The third kappa shape index (κ3) is 5.51. The zero-order chi connectivity index (χ0) is 18.4. The summed E-state index contributed by atoms with van der Waals surface area (Å²) in [6.45, 7) is 4.92. The van der Waals surface area contributed by atoms with Gasteiger partial charge in [-0.2, -0.15) is 4.99 Å². The summed E-state index contributed by atoms with van der Waals surface area (Å²) >= 11 is 3.49. The highest BCUT2D eigenvalue weighted by Gasteiger charge is 2.23. The molecule has 0 bridgehead atoms. The lowest BCUT2D eigenvalue weighted by molar-refractivity contribution is 0.184. The van der Waals surface area contributed by atoms with Crippen molar-refractivity contribution in [2.75, 3.05) is 13.2 Å². The van der Waals surface area contributed by atoms with E-state index in [9.17, 15) is 8.78 Å². The van der Waals surface area contributed by atoms with Crippen LogP contribution in [0.25, 0.3) is 0 Å². The Labute approximate surface area is 155 Å². The van der Waals surface area contributed by atoms with Gasteiger partial charge in [-0.05, 0) is 54.8 Å². The molecule has 4 nitrogen and oxygen atoms in total. The van der Waals surface area contributed by atoms with Crippen LogP contribution in [0.15, 0.2) is 33.6 Å². The first-order valence-electron chi connectivity index (χ1n) is 8.32. The third-order valence-corrected chi connectivity index (χ3v) is 4.50. The molecule has 0 saturated heterocycles. The van der Waals surface area contributed by atoms with Gasteiger partial charge in [0.1, 0.15) is 24.1 Å². The molecule has 0 saturated carbocycles. The minimum Gasteiger partial charge on any atom is -0.472 e. The average molecular weight is 417 g/mol. The number of nitrogens with zero attached hydrogens (tertiary/aromatic N) is 2. The molecule has 1 aromatic rings. The summed E-state index contributed by atoms with van der Waals surface area (Å²) in [7, 11) is 0. The van der Waals surface area contributed by atoms with Gasteiger partial charge in [-0.15, -0.1) is 0 Å². The first kappa shape index (κ1) is 19.8. The molecule has 7 heteroatoms. The summed E-state index contributed by atoms with van der Waals surface area (Å²) in [5.74, 6) is 0.0559. The SMILES string of the molecule is CC(C)N1CC(Br)=C(OCc2ccc(F)cc2F)N=C1CCCCO. The average Bonchev–Trinajstić information content (AvgIpc) is 2.56. The van der Waals surface area contributed by atoms with Crippen LogP contribution in [0.3, 0.4) is 0 Å². The molecule has 1 aliphatic rings. The van der Waals surface area contributed by atoms with Crippen molar-refractivity contribution >= 4 is 21.8 Å². The van der Waals surface area contributed by atoms with Crippen molar-refractivity contribution < 1.29 is 18.6 Å². The minimum atomic E-state index is -0.636. The van der Waals surface area contributed by atoms with E-state index < -0.39 is 11.6 Å². The first-order chi connectivity index (χ1) is 11.9. The Morgan fingerprint density at radius 3 is 2.72 bits per heavy atom. The Hall–Kier alpha value is -1.47. The van der Waals surface area contributed by atoms with Crippen LogP contribution in [0.4, 0.5) is 8.78 Å². The van der Waals surface area contributed by atoms with Crippen LogP contribution in [-0.2, 0) is 11.3 Å². The van der Waals surface area contributed by atoms with Crippen LogP contribution in [0, 0.1) is 11.6 Å². The van der Waals surface area contributed by atoms with Crippen molar-refractivity contribution in [1.82, 2.24) is 4.90 Å². The van der Waals surface area contributed by atoms with Crippen molar-refractivity contribution in [1.29, 1.82) is 0 Å². The predicted octanol–water partition coefficient (Wildman–Crippen LogP) is 4.33. The van der Waals surface area contributed by atoms with Gasteiger partial charge >= 0.3 is 0 Å². The van der Waals surface area contributed by atoms with E-state index in [0.717, 1.165) is 29.2 Å². The molecule has 1 aromatic carbocycles. The molecule has 0 spiro atoms. The van der Waals surface area contributed by atoms with Crippen LogP contribution in [0.2, 0.25) is 0 Å². The quantitative estimate of drug-likeness (QED) is 0.641. The molecule has 0 fully saturated rings. The number of unbranched alkanes of at least 4 members (excludes halogenated alkanes) is 1. The van der Waals surface area contributed by atoms with E-state index in [1.54, 1.807) is 0 Å². The Morgan fingerprint density at radius 1 is 1.32 bits per heavy atom. The van der Waals surface area contributed by atoms with Gasteiger partial charge in [0.25, 0.3) is 0 Å². The predicted molar refractivity (Wildman–Crippen MR) is 97.3 cm³/mol. The monoisotopic (exact) mass is 416 g/mol. The van der Waals surface area contributed by atoms with Crippen molar-refractivity contribution in [3.05, 3.63) is 45.8 Å². The summed E-state index contributed by atoms with van der Waals surface area (Å²) < 4.78 is 33.2. The fraction of sp³-hybridized carbons (Fsp3) is 0.500. The number of benzene rings is 1. The fourth-order valence-electron chi connectivity index (χ4n) is 2.52. The van der Waals surface area contributed by atoms with E-state index >= 15 is 0 Å². The number of halogens is 3. The van der Waals surface area contributed by atoms with Crippen LogP contribution in [-0.4, -0.2) is 35.0 Å². The number of aliphatic hydroxyl groups is 1. The summed E-state index contributed by atoms with van der Waals surface area (Å²) in [6.07, 6.45) is 2.28. The standard InChI is InChI=1S/C18H23BrF2N2O2/c1-12(2)23-10-15(19)18(22-17(23)5-3-4-8-24)25-11-13-6-7-14(20)9-16(13)21/h6-7,9,12,24H,3-5,8,10-11H2,1-2H3. The highest BCUT2D eigenvalue weighted by Crippen LogP contribution is 2.26. The summed E-state index contributed by atoms with van der Waals surface area (Å²) in [6, 6.07) is 3.69. The van der Waals surface area contributed by atoms with Crippen molar-refractivity contribution in [2.45, 2.75) is 45.8 Å². The van der Waals surface area contributed by atoms with Gasteiger partial charge in [0, 0.05) is 30.7 Å². The summed E-state index contributed by atoms with van der Waals surface area (Å²) in [5.41, 5.74) is 0.275. The van der Waals surface area contributed by atoms with Gasteiger partial charge in [0.2, 0.25) is 5.88 Å². The van der Waals surface area contributed by atoms with Crippen LogP contribution in [0.1, 0.15) is 38.7 Å². The van der Waals surface area contributed by atoms with Gasteiger partial charge in [-0.1, -0.05) is 0 Å². The molecular formula is C18H23BrF2N2O2. The molecule has 25 heavy (non-hydrogen) atoms. The number of rotatable bonds is 8. The van der Waals surface area contributed by atoms with Crippen molar-refractivity contribution in [2.24, 2.45) is 4.99 Å². The minimum absolute atomic E-state index is 0.0222. The van der Waals surface area contributed by atoms with Crippen LogP contribution < -0.4 is 0 Å². The number of aliphatic imine (C=N–C) groups is 1. The smallest absolute Gasteiger partial charge is 0.227 e. The normalized spacial score (nSPS) is 15.0. The maximum atomic E-state index is 13.7. The zero-order valence-corrected chi connectivity index (χ0v) is 16.0. The maximum absolute atomic E-state index is 13.7. The lowest BCUT2D eigenvalue weighted by Crippen LogP contribution is -2.40. The summed E-state index contributed by atoms with van der Waals surface area (Å²) in [4.78, 5) is 6.73. The topological polar surface area (TPSA) is 45.1 Å². The van der Waals surface area contributed by atoms with Crippen LogP contribution >= 0.6 is 15.9 Å². The Kier molecular flexibility index (Phi) is 7.38. The van der Waals surface area contributed by atoms with Crippen LogP contribution in [0.5, 0.6) is 0 Å². The Morgan fingerprint density at radius 2 is 2.08 bits per heavy atom. The molecule has 1 aliphatic heterocycles. The van der Waals surface area contributed by atoms with Crippen molar-refractivity contribution in [3.8, 4) is 0 Å². The van der Waals surface area contributed by atoms with E-state index in [1.807, 2.05) is 0 Å². The molecular weight excluding hydrogens is 394 g/mol. The molecule has 0 radical (unpaired) electrons. The fourth-order valence-corrected chi connectivity index (χ4v) is 2.99. The third-order valence-electron chi connectivity index (χ3n) is 3.91. The second-order valence-electron chi connectivity index (χ2n) is 6.16. The van der Waals surface area contributed by atoms with Gasteiger partial charge < -0.3 is 14.7 Å². The molecule has 2 rings (SSSR count). The number of ether oxygens (including phenoxy) is 1. The highest BCUT2D eigenvalue weighted by molar-refractivity contribution is 9.11. The molecule has 0 aromatic heterocycles. The first-order valence-corrected chi connectivity index (χ1v) is 9.12. The second kappa shape index (κ2) is 9.29. The largest absolute Gasteiger partial charge is 0.472 e. The van der Waals surface area contributed by atoms with Gasteiger partial charge in [-0.3, -0.25) is 0 Å². The molecule has 138 valence electrons. The van der Waals surface area contributed by atoms with E-state index in [2.05, 4.69) is 39.7 Å². The van der Waals surface area contributed by atoms with E-state index in [4.69, 9.17) is 9.84 Å². The molecule has 0 unspecified atom stereocenters. The van der Waals surface area contributed by atoms with Gasteiger partial charge in [-0.25, -0.2) is 8.78 Å². The van der Waals surface area contributed by atoms with Gasteiger partial charge in [0.15, 0.2) is 0 Å². The number of aliphatic hydroxyl groups excluding tert-OH is 1. The zero-order valence-electron chi connectivity index (χ0n) is 14.4. The summed E-state index contributed by atoms with van der Waals surface area (Å²) in [5, 5.41) is 8.96.